The summed E-state index contributed by atoms with van der Waals surface area (Å²) in [5.74, 6) is 0. The molecular formula is C18H19IN4OS. The molecule has 3 aromatic rings. The summed E-state index contributed by atoms with van der Waals surface area (Å²) in [6, 6.07) is 14.8. The molecule has 0 aliphatic carbocycles. The fraction of sp³-hybridized carbons (Fsp3) is 0.111. The van der Waals surface area contributed by atoms with Crippen molar-refractivity contribution in [3.63, 3.8) is 0 Å². The fourth-order valence-electron chi connectivity index (χ4n) is 2.48. The van der Waals surface area contributed by atoms with Crippen LogP contribution in [0, 0.1) is 5.41 Å². The lowest BCUT2D eigenvalue weighted by Gasteiger charge is -2.09. The number of halogens is 1. The van der Waals surface area contributed by atoms with Gasteiger partial charge in [0.1, 0.15) is 0 Å². The number of anilines is 2. The van der Waals surface area contributed by atoms with E-state index < -0.39 is 0 Å². The first-order chi connectivity index (χ1) is 11.6. The summed E-state index contributed by atoms with van der Waals surface area (Å²) in [5.41, 5.74) is 3.38. The normalized spacial score (nSPS) is 10.2. The van der Waals surface area contributed by atoms with Crippen LogP contribution in [0.15, 0.2) is 54.7 Å². The predicted molar refractivity (Wildman–Crippen MR) is 118 cm³/mol. The first kappa shape index (κ1) is 19.3. The smallest absolute Gasteiger partial charge is 0.323 e. The van der Waals surface area contributed by atoms with E-state index in [-0.39, 0.29) is 30.0 Å². The number of aromatic nitrogens is 1. The van der Waals surface area contributed by atoms with E-state index in [1.165, 1.54) is 11.8 Å². The number of carbonyl (C=O) groups excluding carboxylic acids is 1. The van der Waals surface area contributed by atoms with Crippen LogP contribution < -0.4 is 10.6 Å². The molecule has 0 saturated carbocycles. The molecule has 2 aromatic carbocycles. The van der Waals surface area contributed by atoms with Crippen LogP contribution in [0.1, 0.15) is 5.56 Å². The highest BCUT2D eigenvalue weighted by molar-refractivity contribution is 14.0. The molecule has 5 nitrogen and oxygen atoms in total. The molecule has 0 radical (unpaired) electrons. The van der Waals surface area contributed by atoms with E-state index in [9.17, 15) is 4.79 Å². The Balaban J connectivity index is 0.00000225. The second-order valence-corrected chi connectivity index (χ2v) is 6.21. The second-order valence-electron chi connectivity index (χ2n) is 5.39. The Morgan fingerprint density at radius 3 is 2.36 bits per heavy atom. The molecule has 1 heterocycles. The Bertz CT molecular complexity index is 905. The quantitative estimate of drug-likeness (QED) is 0.285. The SMILES string of the molecule is CSC(=N)c1ccc(NC(=O)Nc2ccc3c(ccn3C)c2)cc1.I. The van der Waals surface area contributed by atoms with Gasteiger partial charge in [0.15, 0.2) is 0 Å². The van der Waals surface area contributed by atoms with Crippen molar-refractivity contribution in [2.24, 2.45) is 7.05 Å². The lowest BCUT2D eigenvalue weighted by Crippen LogP contribution is -2.19. The van der Waals surface area contributed by atoms with Gasteiger partial charge in [0.2, 0.25) is 0 Å². The Morgan fingerprint density at radius 2 is 1.68 bits per heavy atom. The molecule has 0 saturated heterocycles. The molecule has 0 bridgehead atoms. The highest BCUT2D eigenvalue weighted by Gasteiger charge is 2.06. The summed E-state index contributed by atoms with van der Waals surface area (Å²) in [6.45, 7) is 0. The zero-order valence-electron chi connectivity index (χ0n) is 13.9. The third kappa shape index (κ3) is 4.55. The van der Waals surface area contributed by atoms with E-state index >= 15 is 0 Å². The van der Waals surface area contributed by atoms with Crippen molar-refractivity contribution < 1.29 is 4.79 Å². The van der Waals surface area contributed by atoms with Gasteiger partial charge >= 0.3 is 6.03 Å². The molecule has 2 amide bonds. The molecule has 0 atom stereocenters. The third-order valence-corrected chi connectivity index (χ3v) is 4.40. The molecule has 3 rings (SSSR count). The van der Waals surface area contributed by atoms with Crippen molar-refractivity contribution in [3.05, 3.63) is 60.3 Å². The summed E-state index contributed by atoms with van der Waals surface area (Å²) in [7, 11) is 1.99. The van der Waals surface area contributed by atoms with Crippen LogP contribution in [0.5, 0.6) is 0 Å². The number of hydrogen-bond acceptors (Lipinski definition) is 3. The molecule has 7 heteroatoms. The first-order valence-electron chi connectivity index (χ1n) is 7.43. The van der Waals surface area contributed by atoms with Gasteiger partial charge < -0.3 is 15.2 Å². The van der Waals surface area contributed by atoms with Gasteiger partial charge in [0, 0.05) is 41.1 Å². The van der Waals surface area contributed by atoms with Crippen LogP contribution in [0.2, 0.25) is 0 Å². The van der Waals surface area contributed by atoms with Crippen LogP contribution >= 0.6 is 35.7 Å². The maximum Gasteiger partial charge on any atom is 0.323 e. The van der Waals surface area contributed by atoms with E-state index in [0.29, 0.717) is 10.7 Å². The number of thioether (sulfide) groups is 1. The first-order valence-corrected chi connectivity index (χ1v) is 8.65. The average molecular weight is 466 g/mol. The van der Waals surface area contributed by atoms with Crippen LogP contribution in [-0.4, -0.2) is 21.9 Å². The monoisotopic (exact) mass is 466 g/mol. The number of fused-ring (bicyclic) bond motifs is 1. The zero-order valence-corrected chi connectivity index (χ0v) is 17.0. The van der Waals surface area contributed by atoms with E-state index in [0.717, 1.165) is 22.2 Å². The Kier molecular flexibility index (Phi) is 6.49. The largest absolute Gasteiger partial charge is 0.351 e. The topological polar surface area (TPSA) is 69.9 Å². The van der Waals surface area contributed by atoms with Gasteiger partial charge in [0.05, 0.1) is 5.04 Å². The Morgan fingerprint density at radius 1 is 1.04 bits per heavy atom. The molecule has 0 spiro atoms. The van der Waals surface area contributed by atoms with Gasteiger partial charge in [0.25, 0.3) is 0 Å². The van der Waals surface area contributed by atoms with Crippen molar-refractivity contribution in [1.82, 2.24) is 4.57 Å². The minimum Gasteiger partial charge on any atom is -0.351 e. The standard InChI is InChI=1S/C18H18N4OS.HI/c1-22-10-9-13-11-15(7-8-16(13)22)21-18(23)20-14-5-3-12(4-6-14)17(19)24-2;/h3-11,19H,1-2H3,(H2,20,21,23);1H. The highest BCUT2D eigenvalue weighted by atomic mass is 127. The van der Waals surface area contributed by atoms with E-state index in [4.69, 9.17) is 5.41 Å². The van der Waals surface area contributed by atoms with Gasteiger partial charge in [-0.15, -0.1) is 35.7 Å². The molecule has 0 fully saturated rings. The number of carbonyl (C=O) groups is 1. The highest BCUT2D eigenvalue weighted by Crippen LogP contribution is 2.20. The number of urea groups is 1. The van der Waals surface area contributed by atoms with Crippen molar-refractivity contribution in [1.29, 1.82) is 5.41 Å². The third-order valence-electron chi connectivity index (χ3n) is 3.75. The van der Waals surface area contributed by atoms with Crippen molar-refractivity contribution in [2.75, 3.05) is 16.9 Å². The van der Waals surface area contributed by atoms with Gasteiger partial charge in [-0.2, -0.15) is 0 Å². The predicted octanol–water partition coefficient (Wildman–Crippen LogP) is 5.13. The lowest BCUT2D eigenvalue weighted by molar-refractivity contribution is 0.262. The molecule has 0 aliphatic rings. The molecule has 3 N–H and O–H groups in total. The average Bonchev–Trinajstić information content (AvgIpc) is 2.95. The minimum absolute atomic E-state index is 0. The summed E-state index contributed by atoms with van der Waals surface area (Å²) >= 11 is 1.38. The van der Waals surface area contributed by atoms with E-state index in [1.807, 2.05) is 60.5 Å². The number of hydrogen-bond donors (Lipinski definition) is 3. The van der Waals surface area contributed by atoms with Gasteiger partial charge in [-0.05, 0) is 42.7 Å². The van der Waals surface area contributed by atoms with Crippen molar-refractivity contribution in [3.8, 4) is 0 Å². The minimum atomic E-state index is -0.294. The van der Waals surface area contributed by atoms with Gasteiger partial charge in [-0.3, -0.25) is 5.41 Å². The van der Waals surface area contributed by atoms with E-state index in [2.05, 4.69) is 10.6 Å². The molecule has 0 unspecified atom stereocenters. The maximum atomic E-state index is 12.1. The van der Waals surface area contributed by atoms with Crippen LogP contribution in [0.25, 0.3) is 10.9 Å². The van der Waals surface area contributed by atoms with Crippen molar-refractivity contribution in [2.45, 2.75) is 0 Å². The molecule has 1 aromatic heterocycles. The van der Waals surface area contributed by atoms with Crippen molar-refractivity contribution >= 4 is 69.1 Å². The summed E-state index contributed by atoms with van der Waals surface area (Å²) in [4.78, 5) is 12.1. The maximum absolute atomic E-state index is 12.1. The molecule has 25 heavy (non-hydrogen) atoms. The molecular weight excluding hydrogens is 447 g/mol. The Hall–Kier alpha value is -2.00. The summed E-state index contributed by atoms with van der Waals surface area (Å²) < 4.78 is 2.03. The number of nitrogens with one attached hydrogen (secondary N) is 3. The summed E-state index contributed by atoms with van der Waals surface area (Å²) in [6.07, 6.45) is 3.85. The summed E-state index contributed by atoms with van der Waals surface area (Å²) in [5, 5.41) is 15.0. The Labute approximate surface area is 167 Å². The van der Waals surface area contributed by atoms with E-state index in [1.54, 1.807) is 12.1 Å². The zero-order chi connectivity index (χ0) is 17.1. The fourth-order valence-corrected chi connectivity index (χ4v) is 2.85. The number of nitrogens with zero attached hydrogens (tertiary/aromatic N) is 1. The molecule has 0 aliphatic heterocycles. The van der Waals surface area contributed by atoms with Crippen LogP contribution in [0.3, 0.4) is 0 Å². The number of rotatable bonds is 3. The van der Waals surface area contributed by atoms with Crippen LogP contribution in [-0.2, 0) is 7.05 Å². The number of aryl methyl sites for hydroxylation is 1. The van der Waals surface area contributed by atoms with Crippen LogP contribution in [0.4, 0.5) is 16.2 Å². The second kappa shape index (κ2) is 8.39. The molecule has 130 valence electrons. The lowest BCUT2D eigenvalue weighted by atomic mass is 10.2. The number of amides is 2. The van der Waals surface area contributed by atoms with Gasteiger partial charge in [-0.1, -0.05) is 12.1 Å². The van der Waals surface area contributed by atoms with Gasteiger partial charge in [-0.25, -0.2) is 4.79 Å². The number of benzene rings is 2.